The van der Waals surface area contributed by atoms with Gasteiger partial charge in [-0.3, -0.25) is 9.59 Å². The summed E-state index contributed by atoms with van der Waals surface area (Å²) in [5.41, 5.74) is 7.00. The molecule has 1 aliphatic heterocycles. The van der Waals surface area contributed by atoms with Gasteiger partial charge in [0.25, 0.3) is 0 Å². The Morgan fingerprint density at radius 3 is 3.00 bits per heavy atom. The second kappa shape index (κ2) is 4.47. The van der Waals surface area contributed by atoms with Gasteiger partial charge in [0.2, 0.25) is 5.91 Å². The highest BCUT2D eigenvalue weighted by Gasteiger charge is 2.28. The number of benzene rings is 1. The molecule has 3 N–H and O–H groups in total. The number of aromatic nitrogens is 1. The number of hydrogen-bond donors (Lipinski definition) is 2. The summed E-state index contributed by atoms with van der Waals surface area (Å²) < 4.78 is 6.12. The van der Waals surface area contributed by atoms with E-state index in [0.29, 0.717) is 22.2 Å². The molecule has 0 fully saturated rings. The molecule has 0 saturated carbocycles. The zero-order valence-electron chi connectivity index (χ0n) is 9.90. The summed E-state index contributed by atoms with van der Waals surface area (Å²) in [4.78, 5) is 27.0. The van der Waals surface area contributed by atoms with E-state index in [1.165, 1.54) is 0 Å². The standard InChI is InChI=1S/C13H11BrN2O3/c14-6-1-2-10-7(3-6)12(17)8-4-19-5-9(13(15)18)11(8)16-10/h1-3,9H,4-5H2,(H2,15,18)(H,16,17). The molecule has 0 bridgehead atoms. The van der Waals surface area contributed by atoms with Crippen LogP contribution in [-0.2, 0) is 16.1 Å². The third kappa shape index (κ3) is 1.97. The third-order valence-electron chi connectivity index (χ3n) is 3.32. The van der Waals surface area contributed by atoms with Crippen molar-refractivity contribution in [2.45, 2.75) is 12.5 Å². The van der Waals surface area contributed by atoms with Gasteiger partial charge in [0.1, 0.15) is 5.92 Å². The Hall–Kier alpha value is -1.66. The smallest absolute Gasteiger partial charge is 0.228 e. The number of halogens is 1. The average molecular weight is 323 g/mol. The summed E-state index contributed by atoms with van der Waals surface area (Å²) in [6.45, 7) is 0.414. The molecule has 0 radical (unpaired) electrons. The highest BCUT2D eigenvalue weighted by Crippen LogP contribution is 2.25. The summed E-state index contributed by atoms with van der Waals surface area (Å²) in [6, 6.07) is 5.39. The maximum absolute atomic E-state index is 12.4. The summed E-state index contributed by atoms with van der Waals surface area (Å²) in [5, 5.41) is 0.571. The van der Waals surface area contributed by atoms with Crippen LogP contribution in [0.1, 0.15) is 17.2 Å². The second-order valence-electron chi connectivity index (χ2n) is 4.51. The second-order valence-corrected chi connectivity index (χ2v) is 5.42. The Bertz CT molecular complexity index is 738. The first-order chi connectivity index (χ1) is 9.08. The van der Waals surface area contributed by atoms with E-state index in [2.05, 4.69) is 20.9 Å². The van der Waals surface area contributed by atoms with Crippen LogP contribution < -0.4 is 11.2 Å². The van der Waals surface area contributed by atoms with E-state index in [1.807, 2.05) is 6.07 Å². The SMILES string of the molecule is NC(=O)C1COCc2c1[nH]c1ccc(Br)cc1c2=O. The molecule has 98 valence electrons. The predicted octanol–water partition coefficient (Wildman–Crippen LogP) is 1.39. The Labute approximate surface area is 116 Å². The number of aromatic amines is 1. The van der Waals surface area contributed by atoms with Crippen LogP contribution in [0.25, 0.3) is 10.9 Å². The molecule has 0 spiro atoms. The van der Waals surface area contributed by atoms with Crippen molar-refractivity contribution in [3.63, 3.8) is 0 Å². The van der Waals surface area contributed by atoms with Crippen molar-refractivity contribution in [3.05, 3.63) is 44.2 Å². The van der Waals surface area contributed by atoms with Gasteiger partial charge in [-0.2, -0.15) is 0 Å². The van der Waals surface area contributed by atoms with Crippen molar-refractivity contribution < 1.29 is 9.53 Å². The number of H-pyrrole nitrogens is 1. The van der Waals surface area contributed by atoms with Crippen molar-refractivity contribution >= 4 is 32.7 Å². The van der Waals surface area contributed by atoms with Crippen LogP contribution in [0.15, 0.2) is 27.5 Å². The number of fused-ring (bicyclic) bond motifs is 2. The van der Waals surface area contributed by atoms with E-state index in [0.717, 1.165) is 4.47 Å². The molecule has 0 saturated heterocycles. The van der Waals surface area contributed by atoms with Gasteiger partial charge >= 0.3 is 0 Å². The summed E-state index contributed by atoms with van der Waals surface area (Å²) in [6.07, 6.45) is 0. The van der Waals surface area contributed by atoms with Crippen LogP contribution in [0, 0.1) is 0 Å². The minimum atomic E-state index is -0.593. The molecule has 6 heteroatoms. The minimum absolute atomic E-state index is 0.115. The molecule has 1 atom stereocenters. The van der Waals surface area contributed by atoms with Crippen LogP contribution in [-0.4, -0.2) is 17.5 Å². The van der Waals surface area contributed by atoms with Crippen LogP contribution in [0.2, 0.25) is 0 Å². The molecule has 5 nitrogen and oxygen atoms in total. The highest BCUT2D eigenvalue weighted by molar-refractivity contribution is 9.10. The van der Waals surface area contributed by atoms with Gasteiger partial charge in [-0.15, -0.1) is 0 Å². The summed E-state index contributed by atoms with van der Waals surface area (Å²) >= 11 is 3.34. The normalized spacial score (nSPS) is 18.3. The van der Waals surface area contributed by atoms with Gasteiger partial charge in [0.15, 0.2) is 5.43 Å². The summed E-state index contributed by atoms with van der Waals surface area (Å²) in [5.74, 6) is -1.09. The first-order valence-corrected chi connectivity index (χ1v) is 6.58. The Morgan fingerprint density at radius 2 is 2.26 bits per heavy atom. The van der Waals surface area contributed by atoms with Crippen LogP contribution in [0.3, 0.4) is 0 Å². The van der Waals surface area contributed by atoms with Crippen molar-refractivity contribution in [1.82, 2.24) is 4.98 Å². The van der Waals surface area contributed by atoms with Gasteiger partial charge < -0.3 is 15.5 Å². The fourth-order valence-electron chi connectivity index (χ4n) is 2.35. The number of pyridine rings is 1. The largest absolute Gasteiger partial charge is 0.375 e. The quantitative estimate of drug-likeness (QED) is 0.832. The first-order valence-electron chi connectivity index (χ1n) is 5.79. The number of hydrogen-bond acceptors (Lipinski definition) is 3. The number of carbonyl (C=O) groups is 1. The third-order valence-corrected chi connectivity index (χ3v) is 3.81. The van der Waals surface area contributed by atoms with E-state index < -0.39 is 11.8 Å². The molecule has 1 amide bonds. The molecule has 19 heavy (non-hydrogen) atoms. The fourth-order valence-corrected chi connectivity index (χ4v) is 2.71. The molecule has 0 aliphatic carbocycles. The number of amides is 1. The van der Waals surface area contributed by atoms with Gasteiger partial charge in [-0.1, -0.05) is 15.9 Å². The van der Waals surface area contributed by atoms with Gasteiger partial charge in [0, 0.05) is 26.6 Å². The molecule has 2 heterocycles. The molecular formula is C13H11BrN2O3. The van der Waals surface area contributed by atoms with Crippen molar-refractivity contribution in [1.29, 1.82) is 0 Å². The van der Waals surface area contributed by atoms with Gasteiger partial charge in [-0.25, -0.2) is 0 Å². The highest BCUT2D eigenvalue weighted by atomic mass is 79.9. The van der Waals surface area contributed by atoms with Crippen LogP contribution in [0.4, 0.5) is 0 Å². The lowest BCUT2D eigenvalue weighted by atomic mass is 9.96. The monoisotopic (exact) mass is 322 g/mol. The molecule has 3 rings (SSSR count). The van der Waals surface area contributed by atoms with E-state index in [9.17, 15) is 9.59 Å². The number of ether oxygens (including phenoxy) is 1. The van der Waals surface area contributed by atoms with E-state index >= 15 is 0 Å². The van der Waals surface area contributed by atoms with E-state index in [1.54, 1.807) is 12.1 Å². The predicted molar refractivity (Wildman–Crippen MR) is 73.9 cm³/mol. The minimum Gasteiger partial charge on any atom is -0.375 e. The number of nitrogens with one attached hydrogen (secondary N) is 1. The van der Waals surface area contributed by atoms with Gasteiger partial charge in [0.05, 0.1) is 13.2 Å². The molecule has 1 aromatic carbocycles. The maximum atomic E-state index is 12.4. The Kier molecular flexibility index (Phi) is 2.91. The Morgan fingerprint density at radius 1 is 1.47 bits per heavy atom. The fraction of sp³-hybridized carbons (Fsp3) is 0.231. The van der Waals surface area contributed by atoms with Crippen molar-refractivity contribution in [2.75, 3.05) is 6.61 Å². The van der Waals surface area contributed by atoms with E-state index in [-0.39, 0.29) is 18.6 Å². The van der Waals surface area contributed by atoms with Crippen LogP contribution >= 0.6 is 15.9 Å². The molecule has 1 aromatic heterocycles. The molecule has 2 aromatic rings. The number of nitrogens with two attached hydrogens (primary N) is 1. The average Bonchev–Trinajstić information content (AvgIpc) is 2.39. The lowest BCUT2D eigenvalue weighted by molar-refractivity contribution is -0.121. The zero-order chi connectivity index (χ0) is 13.6. The number of carbonyl (C=O) groups excluding carboxylic acids is 1. The van der Waals surface area contributed by atoms with Crippen molar-refractivity contribution in [2.24, 2.45) is 5.73 Å². The summed E-state index contributed by atoms with van der Waals surface area (Å²) in [7, 11) is 0. The van der Waals surface area contributed by atoms with Crippen molar-refractivity contribution in [3.8, 4) is 0 Å². The van der Waals surface area contributed by atoms with Gasteiger partial charge in [-0.05, 0) is 18.2 Å². The number of primary amides is 1. The molecular weight excluding hydrogens is 312 g/mol. The zero-order valence-corrected chi connectivity index (χ0v) is 11.5. The van der Waals surface area contributed by atoms with E-state index in [4.69, 9.17) is 10.5 Å². The lowest BCUT2D eigenvalue weighted by Gasteiger charge is -2.23. The topological polar surface area (TPSA) is 85.2 Å². The number of rotatable bonds is 1. The molecule has 1 aliphatic rings. The lowest BCUT2D eigenvalue weighted by Crippen LogP contribution is -2.33. The van der Waals surface area contributed by atoms with Crippen LogP contribution in [0.5, 0.6) is 0 Å². The first kappa shape index (κ1) is 12.4. The molecule has 1 unspecified atom stereocenters. The Balaban J connectivity index is 2.34. The maximum Gasteiger partial charge on any atom is 0.228 e.